The Morgan fingerprint density at radius 1 is 1.44 bits per heavy atom. The highest BCUT2D eigenvalue weighted by molar-refractivity contribution is 5.92. The maximum absolute atomic E-state index is 10.9. The Morgan fingerprint density at radius 3 is 2.56 bits per heavy atom. The lowest BCUT2D eigenvalue weighted by molar-refractivity contribution is -0.147. The van der Waals surface area contributed by atoms with Crippen LogP contribution in [0.25, 0.3) is 0 Å². The summed E-state index contributed by atoms with van der Waals surface area (Å²) in [6, 6.07) is 3.20. The lowest BCUT2D eigenvalue weighted by atomic mass is 9.90. The molecule has 0 bridgehead atoms. The van der Waals surface area contributed by atoms with Crippen LogP contribution in [0.5, 0.6) is 0 Å². The van der Waals surface area contributed by atoms with E-state index in [0.29, 0.717) is 24.3 Å². The molecule has 0 aromatic carbocycles. The minimum absolute atomic E-state index is 0.339. The molecule has 1 aromatic heterocycles. The molecule has 1 amide bonds. The van der Waals surface area contributed by atoms with Crippen molar-refractivity contribution >= 4 is 17.7 Å². The smallest absolute Gasteiger partial charge is 0.309 e. The van der Waals surface area contributed by atoms with Gasteiger partial charge in [0.15, 0.2) is 0 Å². The van der Waals surface area contributed by atoms with Gasteiger partial charge in [0.1, 0.15) is 5.82 Å². The van der Waals surface area contributed by atoms with Crippen LogP contribution in [0.2, 0.25) is 0 Å². The van der Waals surface area contributed by atoms with E-state index in [0.717, 1.165) is 0 Å². The molecule has 18 heavy (non-hydrogen) atoms. The highest BCUT2D eigenvalue weighted by Crippen LogP contribution is 2.20. The van der Waals surface area contributed by atoms with Crippen molar-refractivity contribution in [1.82, 2.24) is 4.98 Å². The molecule has 6 heteroatoms. The summed E-state index contributed by atoms with van der Waals surface area (Å²) < 4.78 is 0. The third-order valence-electron chi connectivity index (χ3n) is 2.68. The standard InChI is InChI=1S/C12H17N3O3/c1-12(2,11(17)18)5-6-14-9-4-3-8(7-15-9)10(13)16/h3-4,7H,5-6H2,1-2H3,(H2,13,16)(H,14,15)(H,17,18). The molecule has 0 spiro atoms. The molecular formula is C12H17N3O3. The third-order valence-corrected chi connectivity index (χ3v) is 2.68. The Hall–Kier alpha value is -2.11. The zero-order valence-corrected chi connectivity index (χ0v) is 10.4. The van der Waals surface area contributed by atoms with Crippen LogP contribution >= 0.6 is 0 Å². The first-order valence-electron chi connectivity index (χ1n) is 5.56. The zero-order chi connectivity index (χ0) is 13.8. The molecule has 0 unspecified atom stereocenters. The molecule has 4 N–H and O–H groups in total. The lowest BCUT2D eigenvalue weighted by Gasteiger charge is -2.19. The van der Waals surface area contributed by atoms with Gasteiger partial charge in [0.2, 0.25) is 5.91 Å². The van der Waals surface area contributed by atoms with Crippen molar-refractivity contribution in [2.24, 2.45) is 11.1 Å². The second kappa shape index (κ2) is 5.48. The molecular weight excluding hydrogens is 234 g/mol. The monoisotopic (exact) mass is 251 g/mol. The number of nitrogens with two attached hydrogens (primary N) is 1. The molecule has 0 aliphatic carbocycles. The van der Waals surface area contributed by atoms with E-state index in [4.69, 9.17) is 10.8 Å². The van der Waals surface area contributed by atoms with E-state index in [1.807, 2.05) is 0 Å². The van der Waals surface area contributed by atoms with E-state index in [9.17, 15) is 9.59 Å². The predicted molar refractivity (Wildman–Crippen MR) is 67.3 cm³/mol. The molecule has 1 aromatic rings. The molecule has 0 atom stereocenters. The molecule has 0 aliphatic heterocycles. The van der Waals surface area contributed by atoms with Gasteiger partial charge in [-0.1, -0.05) is 0 Å². The van der Waals surface area contributed by atoms with E-state index in [1.165, 1.54) is 6.20 Å². The largest absolute Gasteiger partial charge is 0.481 e. The SMILES string of the molecule is CC(C)(CCNc1ccc(C(N)=O)cn1)C(=O)O. The normalized spacial score (nSPS) is 11.0. The fourth-order valence-electron chi connectivity index (χ4n) is 1.25. The number of carboxylic acids is 1. The Morgan fingerprint density at radius 2 is 2.11 bits per heavy atom. The summed E-state index contributed by atoms with van der Waals surface area (Å²) in [5.41, 5.74) is 4.65. The molecule has 98 valence electrons. The maximum atomic E-state index is 10.9. The first-order chi connectivity index (χ1) is 8.33. The minimum atomic E-state index is -0.832. The molecule has 0 radical (unpaired) electrons. The van der Waals surface area contributed by atoms with Gasteiger partial charge in [0, 0.05) is 12.7 Å². The van der Waals surface area contributed by atoms with Crippen LogP contribution in [0, 0.1) is 5.41 Å². The Kier molecular flexibility index (Phi) is 4.25. The molecule has 6 nitrogen and oxygen atoms in total. The number of primary amides is 1. The van der Waals surface area contributed by atoms with Crippen LogP contribution in [0.3, 0.4) is 0 Å². The number of carbonyl (C=O) groups excluding carboxylic acids is 1. The van der Waals surface area contributed by atoms with Crippen LogP contribution in [0.15, 0.2) is 18.3 Å². The maximum Gasteiger partial charge on any atom is 0.309 e. The summed E-state index contributed by atoms with van der Waals surface area (Å²) in [5, 5.41) is 11.9. The predicted octanol–water partition coefficient (Wildman–Crippen LogP) is 1.09. The number of aliphatic carboxylic acids is 1. The van der Waals surface area contributed by atoms with Crippen molar-refractivity contribution in [3.05, 3.63) is 23.9 Å². The number of aromatic nitrogens is 1. The summed E-state index contributed by atoms with van der Waals surface area (Å²) in [5.74, 6) is -0.774. The van der Waals surface area contributed by atoms with Crippen LogP contribution in [-0.2, 0) is 4.79 Å². The molecule has 1 heterocycles. The van der Waals surface area contributed by atoms with Crippen LogP contribution < -0.4 is 11.1 Å². The summed E-state index contributed by atoms with van der Waals surface area (Å²) in [7, 11) is 0. The van der Waals surface area contributed by atoms with Gasteiger partial charge in [-0.25, -0.2) is 4.98 Å². The van der Waals surface area contributed by atoms with E-state index in [-0.39, 0.29) is 0 Å². The van der Waals surface area contributed by atoms with Crippen molar-refractivity contribution in [1.29, 1.82) is 0 Å². The fourth-order valence-corrected chi connectivity index (χ4v) is 1.25. The second-order valence-corrected chi connectivity index (χ2v) is 4.66. The van der Waals surface area contributed by atoms with E-state index in [1.54, 1.807) is 26.0 Å². The number of pyridine rings is 1. The van der Waals surface area contributed by atoms with Gasteiger partial charge in [0.05, 0.1) is 11.0 Å². The number of amides is 1. The van der Waals surface area contributed by atoms with Gasteiger partial charge in [-0.2, -0.15) is 0 Å². The number of nitrogens with zero attached hydrogens (tertiary/aromatic N) is 1. The average Bonchev–Trinajstić information content (AvgIpc) is 2.29. The number of hydrogen-bond acceptors (Lipinski definition) is 4. The van der Waals surface area contributed by atoms with E-state index in [2.05, 4.69) is 10.3 Å². The zero-order valence-electron chi connectivity index (χ0n) is 10.4. The van der Waals surface area contributed by atoms with Gasteiger partial charge >= 0.3 is 5.97 Å². The van der Waals surface area contributed by atoms with Gasteiger partial charge in [-0.3, -0.25) is 9.59 Å². The number of hydrogen-bond donors (Lipinski definition) is 3. The van der Waals surface area contributed by atoms with Crippen molar-refractivity contribution in [3.63, 3.8) is 0 Å². The van der Waals surface area contributed by atoms with Crippen molar-refractivity contribution < 1.29 is 14.7 Å². The molecule has 1 rings (SSSR count). The third kappa shape index (κ3) is 3.73. The van der Waals surface area contributed by atoms with Crippen molar-refractivity contribution in [3.8, 4) is 0 Å². The average molecular weight is 251 g/mol. The quantitative estimate of drug-likeness (QED) is 0.702. The highest BCUT2D eigenvalue weighted by Gasteiger charge is 2.26. The molecule has 0 fully saturated rings. The number of nitrogens with one attached hydrogen (secondary N) is 1. The Balaban J connectivity index is 2.50. The van der Waals surface area contributed by atoms with Gasteiger partial charge in [0.25, 0.3) is 0 Å². The Bertz CT molecular complexity index is 440. The lowest BCUT2D eigenvalue weighted by Crippen LogP contribution is -2.26. The number of rotatable bonds is 6. The first kappa shape index (κ1) is 14.0. The number of carbonyl (C=O) groups is 2. The van der Waals surface area contributed by atoms with Crippen LogP contribution in [-0.4, -0.2) is 28.5 Å². The van der Waals surface area contributed by atoms with Gasteiger partial charge in [-0.05, 0) is 32.4 Å². The summed E-state index contributed by atoms with van der Waals surface area (Å²) in [6.45, 7) is 3.82. The first-order valence-corrected chi connectivity index (χ1v) is 5.56. The molecule has 0 aliphatic rings. The number of anilines is 1. The van der Waals surface area contributed by atoms with Crippen LogP contribution in [0.1, 0.15) is 30.6 Å². The molecule has 0 saturated heterocycles. The van der Waals surface area contributed by atoms with Crippen LogP contribution in [0.4, 0.5) is 5.82 Å². The topological polar surface area (TPSA) is 105 Å². The Labute approximate surface area is 105 Å². The fraction of sp³-hybridized carbons (Fsp3) is 0.417. The van der Waals surface area contributed by atoms with Crippen molar-refractivity contribution in [2.75, 3.05) is 11.9 Å². The minimum Gasteiger partial charge on any atom is -0.481 e. The van der Waals surface area contributed by atoms with Crippen molar-refractivity contribution in [2.45, 2.75) is 20.3 Å². The molecule has 0 saturated carbocycles. The number of carboxylic acid groups (broad SMARTS) is 1. The van der Waals surface area contributed by atoms with E-state index < -0.39 is 17.3 Å². The summed E-state index contributed by atoms with van der Waals surface area (Å²) in [4.78, 5) is 25.7. The van der Waals surface area contributed by atoms with E-state index >= 15 is 0 Å². The van der Waals surface area contributed by atoms with Gasteiger partial charge < -0.3 is 16.2 Å². The second-order valence-electron chi connectivity index (χ2n) is 4.66. The highest BCUT2D eigenvalue weighted by atomic mass is 16.4. The summed E-state index contributed by atoms with van der Waals surface area (Å²) >= 11 is 0. The van der Waals surface area contributed by atoms with Gasteiger partial charge in [-0.15, -0.1) is 0 Å². The summed E-state index contributed by atoms with van der Waals surface area (Å²) in [6.07, 6.45) is 1.86.